The summed E-state index contributed by atoms with van der Waals surface area (Å²) in [6.45, 7) is 0. The molecule has 2 rings (SSSR count). The van der Waals surface area contributed by atoms with Gasteiger partial charge in [0, 0.05) is 5.92 Å². The molecule has 0 aromatic heterocycles. The van der Waals surface area contributed by atoms with Crippen LogP contribution in [0.2, 0.25) is 0 Å². The van der Waals surface area contributed by atoms with E-state index in [1.54, 1.807) is 0 Å². The van der Waals surface area contributed by atoms with Crippen molar-refractivity contribution >= 4 is 18.4 Å². The maximum atomic E-state index is 11.0. The summed E-state index contributed by atoms with van der Waals surface area (Å²) in [4.78, 5) is 11.0. The van der Waals surface area contributed by atoms with Gasteiger partial charge in [-0.15, -0.1) is 12.4 Å². The van der Waals surface area contributed by atoms with Crippen LogP contribution in [0.3, 0.4) is 0 Å². The molecule has 0 spiro atoms. The Bertz CT molecular complexity index is 355. The number of halogens is 1. The first-order valence-corrected chi connectivity index (χ1v) is 4.72. The van der Waals surface area contributed by atoms with E-state index in [0.717, 1.165) is 12.0 Å². The summed E-state index contributed by atoms with van der Waals surface area (Å²) in [6, 6.07) is 9.62. The lowest BCUT2D eigenvalue weighted by atomic mass is 9.64. The first kappa shape index (κ1) is 12.0. The number of carboxylic acids is 1. The minimum Gasteiger partial charge on any atom is -0.480 e. The number of aliphatic carboxylic acids is 1. The maximum absolute atomic E-state index is 11.0. The average Bonchev–Trinajstić information content (AvgIpc) is 2.16. The molecule has 3 N–H and O–H groups in total. The molecule has 82 valence electrons. The molecule has 0 aliphatic heterocycles. The van der Waals surface area contributed by atoms with Gasteiger partial charge in [-0.25, -0.2) is 0 Å². The highest BCUT2D eigenvalue weighted by Crippen LogP contribution is 2.44. The van der Waals surface area contributed by atoms with Gasteiger partial charge in [-0.1, -0.05) is 30.3 Å². The van der Waals surface area contributed by atoms with Gasteiger partial charge in [0.05, 0.1) is 0 Å². The van der Waals surface area contributed by atoms with Gasteiger partial charge in [-0.2, -0.15) is 0 Å². The summed E-state index contributed by atoms with van der Waals surface area (Å²) in [5.41, 5.74) is 5.81. The summed E-state index contributed by atoms with van der Waals surface area (Å²) in [5.74, 6) is -0.918. The number of hydrogen-bond acceptors (Lipinski definition) is 2. The molecule has 1 aromatic carbocycles. The third kappa shape index (κ3) is 1.85. The molecule has 1 saturated carbocycles. The molecule has 0 bridgehead atoms. The molecule has 1 aliphatic rings. The third-order valence-corrected chi connectivity index (χ3v) is 3.07. The predicted molar refractivity (Wildman–Crippen MR) is 60.2 cm³/mol. The Balaban J connectivity index is 0.00000112. The highest BCUT2D eigenvalue weighted by molar-refractivity contribution is 5.85. The number of nitrogens with two attached hydrogens (primary N) is 1. The Hall–Kier alpha value is -1.06. The van der Waals surface area contributed by atoms with E-state index >= 15 is 0 Å². The van der Waals surface area contributed by atoms with Crippen molar-refractivity contribution in [1.82, 2.24) is 0 Å². The van der Waals surface area contributed by atoms with Gasteiger partial charge < -0.3 is 10.8 Å². The number of carboxylic acid groups (broad SMARTS) is 1. The van der Waals surface area contributed by atoms with Crippen molar-refractivity contribution in [3.63, 3.8) is 0 Å². The Morgan fingerprint density at radius 1 is 1.40 bits per heavy atom. The molecule has 4 heteroatoms. The van der Waals surface area contributed by atoms with Gasteiger partial charge in [-0.3, -0.25) is 4.79 Å². The zero-order valence-electron chi connectivity index (χ0n) is 8.22. The first-order valence-electron chi connectivity index (χ1n) is 4.72. The SMILES string of the molecule is Cl.N[C@]1(C(=O)O)CC[C@H]1c1ccccc1. The lowest BCUT2D eigenvalue weighted by molar-refractivity contribution is -0.147. The van der Waals surface area contributed by atoms with E-state index in [-0.39, 0.29) is 18.3 Å². The van der Waals surface area contributed by atoms with Crippen LogP contribution in [0.1, 0.15) is 24.3 Å². The van der Waals surface area contributed by atoms with Crippen LogP contribution >= 0.6 is 12.4 Å². The molecule has 0 radical (unpaired) electrons. The van der Waals surface area contributed by atoms with Gasteiger partial charge in [0.1, 0.15) is 5.54 Å². The molecule has 1 aliphatic carbocycles. The quantitative estimate of drug-likeness (QED) is 0.810. The molecule has 1 fully saturated rings. The van der Waals surface area contributed by atoms with E-state index in [4.69, 9.17) is 10.8 Å². The second kappa shape index (κ2) is 4.21. The second-order valence-corrected chi connectivity index (χ2v) is 3.85. The van der Waals surface area contributed by atoms with E-state index in [1.807, 2.05) is 30.3 Å². The van der Waals surface area contributed by atoms with Crippen LogP contribution in [0.4, 0.5) is 0 Å². The fourth-order valence-corrected chi connectivity index (χ4v) is 2.01. The van der Waals surface area contributed by atoms with Crippen molar-refractivity contribution in [3.8, 4) is 0 Å². The normalized spacial score (nSPS) is 28.7. The van der Waals surface area contributed by atoms with Crippen LogP contribution < -0.4 is 5.73 Å². The molecule has 0 amide bonds. The number of rotatable bonds is 2. The van der Waals surface area contributed by atoms with Crippen LogP contribution in [-0.2, 0) is 4.79 Å². The summed E-state index contributed by atoms with van der Waals surface area (Å²) in [5, 5.41) is 9.00. The topological polar surface area (TPSA) is 63.3 Å². The van der Waals surface area contributed by atoms with Crippen LogP contribution in [0.15, 0.2) is 30.3 Å². The lowest BCUT2D eigenvalue weighted by Gasteiger charge is -2.43. The van der Waals surface area contributed by atoms with Crippen LogP contribution in [-0.4, -0.2) is 16.6 Å². The molecule has 0 unspecified atom stereocenters. The molecular weight excluding hydrogens is 214 g/mol. The maximum Gasteiger partial charge on any atom is 0.324 e. The fourth-order valence-electron chi connectivity index (χ4n) is 2.01. The molecule has 2 atom stereocenters. The van der Waals surface area contributed by atoms with Crippen molar-refractivity contribution in [2.45, 2.75) is 24.3 Å². The fraction of sp³-hybridized carbons (Fsp3) is 0.364. The lowest BCUT2D eigenvalue weighted by Crippen LogP contribution is -2.59. The number of carbonyl (C=O) groups is 1. The van der Waals surface area contributed by atoms with Crippen LogP contribution in [0.5, 0.6) is 0 Å². The van der Waals surface area contributed by atoms with Crippen molar-refractivity contribution in [3.05, 3.63) is 35.9 Å². The van der Waals surface area contributed by atoms with E-state index in [2.05, 4.69) is 0 Å². The van der Waals surface area contributed by atoms with Crippen molar-refractivity contribution in [2.75, 3.05) is 0 Å². The van der Waals surface area contributed by atoms with Crippen molar-refractivity contribution in [2.24, 2.45) is 5.73 Å². The monoisotopic (exact) mass is 227 g/mol. The van der Waals surface area contributed by atoms with Crippen LogP contribution in [0.25, 0.3) is 0 Å². The third-order valence-electron chi connectivity index (χ3n) is 3.07. The van der Waals surface area contributed by atoms with Gasteiger partial charge >= 0.3 is 5.97 Å². The van der Waals surface area contributed by atoms with E-state index in [9.17, 15) is 4.79 Å². The minimum absolute atomic E-state index is 0. The van der Waals surface area contributed by atoms with E-state index in [1.165, 1.54) is 0 Å². The minimum atomic E-state index is -1.04. The predicted octanol–water partition coefficient (Wildman–Crippen LogP) is 1.77. The summed E-state index contributed by atoms with van der Waals surface area (Å²) in [7, 11) is 0. The summed E-state index contributed by atoms with van der Waals surface area (Å²) < 4.78 is 0. The Morgan fingerprint density at radius 2 is 2.00 bits per heavy atom. The smallest absolute Gasteiger partial charge is 0.324 e. The number of hydrogen-bond donors (Lipinski definition) is 2. The average molecular weight is 228 g/mol. The standard InChI is InChI=1S/C11H13NO2.ClH/c12-11(10(13)14)7-6-9(11)8-4-2-1-3-5-8;/h1-5,9H,6-7,12H2,(H,13,14);1H/t9-,11+;/m0./s1. The number of benzene rings is 1. The first-order chi connectivity index (χ1) is 6.64. The molecule has 1 aromatic rings. The van der Waals surface area contributed by atoms with Crippen molar-refractivity contribution in [1.29, 1.82) is 0 Å². The van der Waals surface area contributed by atoms with Gasteiger partial charge in [0.25, 0.3) is 0 Å². The highest BCUT2D eigenvalue weighted by atomic mass is 35.5. The zero-order chi connectivity index (χ0) is 10.2. The highest BCUT2D eigenvalue weighted by Gasteiger charge is 2.50. The zero-order valence-corrected chi connectivity index (χ0v) is 9.04. The van der Waals surface area contributed by atoms with Gasteiger partial charge in [0.2, 0.25) is 0 Å². The van der Waals surface area contributed by atoms with Gasteiger partial charge in [0.15, 0.2) is 0 Å². The summed E-state index contributed by atoms with van der Waals surface area (Å²) >= 11 is 0. The Labute approximate surface area is 94.7 Å². The van der Waals surface area contributed by atoms with Gasteiger partial charge in [-0.05, 0) is 18.4 Å². The molecule has 3 nitrogen and oxygen atoms in total. The molecule has 15 heavy (non-hydrogen) atoms. The van der Waals surface area contributed by atoms with Crippen LogP contribution in [0, 0.1) is 0 Å². The molecule has 0 heterocycles. The summed E-state index contributed by atoms with van der Waals surface area (Å²) in [6.07, 6.45) is 1.44. The second-order valence-electron chi connectivity index (χ2n) is 3.85. The largest absolute Gasteiger partial charge is 0.480 e. The molecule has 0 saturated heterocycles. The van der Waals surface area contributed by atoms with E-state index in [0.29, 0.717) is 6.42 Å². The van der Waals surface area contributed by atoms with Crippen molar-refractivity contribution < 1.29 is 9.90 Å². The molecular formula is C11H14ClNO2. The Kier molecular flexibility index (Phi) is 3.37. The Morgan fingerprint density at radius 3 is 2.40 bits per heavy atom. The van der Waals surface area contributed by atoms with E-state index < -0.39 is 11.5 Å².